The highest BCUT2D eigenvalue weighted by molar-refractivity contribution is 8.18. The lowest BCUT2D eigenvalue weighted by atomic mass is 10.1. The summed E-state index contributed by atoms with van der Waals surface area (Å²) in [6.07, 6.45) is 1.55. The highest BCUT2D eigenvalue weighted by Gasteiger charge is 2.33. The molecule has 1 aliphatic heterocycles. The van der Waals surface area contributed by atoms with E-state index in [-0.39, 0.29) is 27.9 Å². The molecule has 0 spiro atoms. The molecule has 0 saturated heterocycles. The molecule has 30 heavy (non-hydrogen) atoms. The third-order valence-electron chi connectivity index (χ3n) is 4.18. The Labute approximate surface area is 176 Å². The van der Waals surface area contributed by atoms with Crippen molar-refractivity contribution in [3.8, 4) is 23.0 Å². The monoisotopic (exact) mass is 429 g/mol. The van der Waals surface area contributed by atoms with Crippen LogP contribution < -0.4 is 9.47 Å². The minimum absolute atomic E-state index is 0.0773. The van der Waals surface area contributed by atoms with Crippen molar-refractivity contribution in [2.75, 3.05) is 21.3 Å². The Morgan fingerprint density at radius 2 is 1.70 bits per heavy atom. The van der Waals surface area contributed by atoms with Crippen LogP contribution in [0.1, 0.15) is 5.56 Å². The number of carbonyl (C=O) groups excluding carboxylic acids is 1. The molecule has 156 valence electrons. The molecule has 1 aliphatic rings. The van der Waals surface area contributed by atoms with Crippen molar-refractivity contribution in [3.63, 3.8) is 0 Å². The first-order valence-corrected chi connectivity index (χ1v) is 9.44. The van der Waals surface area contributed by atoms with Crippen LogP contribution in [0.2, 0.25) is 0 Å². The number of hydrogen-bond acceptors (Lipinski definition) is 9. The predicted octanol–water partition coefficient (Wildman–Crippen LogP) is 3.92. The average Bonchev–Trinajstić information content (AvgIpc) is 3.04. The van der Waals surface area contributed by atoms with Gasteiger partial charge >= 0.3 is 5.97 Å². The van der Waals surface area contributed by atoms with Crippen LogP contribution >= 0.6 is 11.8 Å². The van der Waals surface area contributed by atoms with Crippen molar-refractivity contribution < 1.29 is 34.3 Å². The third kappa shape index (κ3) is 4.20. The number of aliphatic hydroxyl groups is 1. The van der Waals surface area contributed by atoms with E-state index >= 15 is 0 Å². The lowest BCUT2D eigenvalue weighted by molar-refractivity contribution is -0.135. The fourth-order valence-corrected chi connectivity index (χ4v) is 3.72. The molecule has 9 heteroatoms. The number of phenols is 2. The molecule has 0 bridgehead atoms. The number of esters is 1. The van der Waals surface area contributed by atoms with Gasteiger partial charge in [-0.2, -0.15) is 0 Å². The molecule has 3 rings (SSSR count). The second kappa shape index (κ2) is 8.83. The Morgan fingerprint density at radius 3 is 2.33 bits per heavy atom. The molecular weight excluding hydrogens is 410 g/mol. The van der Waals surface area contributed by atoms with Gasteiger partial charge in [-0.05, 0) is 35.9 Å². The zero-order chi connectivity index (χ0) is 21.8. The normalized spacial score (nSPS) is 16.2. The Kier molecular flexibility index (Phi) is 6.22. The van der Waals surface area contributed by atoms with E-state index in [2.05, 4.69) is 4.99 Å². The summed E-state index contributed by atoms with van der Waals surface area (Å²) < 4.78 is 15.3. The lowest BCUT2D eigenvalue weighted by Crippen LogP contribution is -2.10. The zero-order valence-electron chi connectivity index (χ0n) is 16.4. The van der Waals surface area contributed by atoms with Gasteiger partial charge in [0.15, 0.2) is 23.0 Å². The summed E-state index contributed by atoms with van der Waals surface area (Å²) in [6.45, 7) is 0. The highest BCUT2D eigenvalue weighted by Crippen LogP contribution is 2.41. The van der Waals surface area contributed by atoms with Crippen LogP contribution in [0.4, 0.5) is 5.69 Å². The van der Waals surface area contributed by atoms with Crippen LogP contribution in [0, 0.1) is 0 Å². The number of benzene rings is 2. The van der Waals surface area contributed by atoms with Gasteiger partial charge in [-0.1, -0.05) is 17.8 Å². The van der Waals surface area contributed by atoms with E-state index in [0.29, 0.717) is 27.7 Å². The number of aliphatic imine (C=N–C) groups is 1. The molecule has 0 radical (unpaired) electrons. The molecule has 0 atom stereocenters. The fourth-order valence-electron chi connectivity index (χ4n) is 2.68. The molecule has 0 aromatic heterocycles. The molecule has 0 aliphatic carbocycles. The summed E-state index contributed by atoms with van der Waals surface area (Å²) in [4.78, 5) is 17.1. The molecule has 2 aromatic rings. The lowest BCUT2D eigenvalue weighted by Gasteiger charge is -2.08. The summed E-state index contributed by atoms with van der Waals surface area (Å²) >= 11 is 1.06. The van der Waals surface area contributed by atoms with Gasteiger partial charge in [0.2, 0.25) is 0 Å². The number of nitrogens with zero attached hydrogens (tertiary/aromatic N) is 1. The Morgan fingerprint density at radius 1 is 0.967 bits per heavy atom. The summed E-state index contributed by atoms with van der Waals surface area (Å²) in [5.41, 5.74) is 0.912. The number of phenolic OH excluding ortho intramolecular Hbond substituents is 2. The molecule has 0 fully saturated rings. The fraction of sp³-hybridized carbons (Fsp3) is 0.143. The summed E-state index contributed by atoms with van der Waals surface area (Å²) in [7, 11) is 4.23. The van der Waals surface area contributed by atoms with Gasteiger partial charge in [-0.15, -0.1) is 0 Å². The molecule has 3 N–H and O–H groups in total. The molecular formula is C21H19NO7S. The topological polar surface area (TPSA) is 118 Å². The maximum absolute atomic E-state index is 12.3. The molecule has 0 unspecified atom stereocenters. The van der Waals surface area contributed by atoms with Crippen LogP contribution in [-0.4, -0.2) is 47.7 Å². The molecule has 1 heterocycles. The first-order valence-electron chi connectivity index (χ1n) is 8.62. The van der Waals surface area contributed by atoms with Crippen LogP contribution in [0.25, 0.3) is 6.08 Å². The van der Waals surface area contributed by atoms with Crippen LogP contribution in [0.15, 0.2) is 57.6 Å². The van der Waals surface area contributed by atoms with Gasteiger partial charge in [0.25, 0.3) is 0 Å². The predicted molar refractivity (Wildman–Crippen MR) is 114 cm³/mol. The minimum Gasteiger partial charge on any atom is -0.506 e. The van der Waals surface area contributed by atoms with Crippen LogP contribution in [-0.2, 0) is 9.53 Å². The van der Waals surface area contributed by atoms with Crippen molar-refractivity contribution in [1.82, 2.24) is 0 Å². The number of carbonyl (C=O) groups is 1. The van der Waals surface area contributed by atoms with Crippen molar-refractivity contribution in [2.24, 2.45) is 4.99 Å². The minimum atomic E-state index is -0.740. The van der Waals surface area contributed by atoms with E-state index < -0.39 is 5.97 Å². The standard InChI is InChI=1S/C21H19NO7S/c1-27-15-7-5-12(10-16(15)28-2)22-20-18(21(26)29-3)19(25)17(30-20)9-11-4-6-13(23)14(24)8-11/h4-10,23-25H,1-3H3/b17-9+,22-20?. The van der Waals surface area contributed by atoms with E-state index in [1.54, 1.807) is 30.3 Å². The van der Waals surface area contributed by atoms with Crippen molar-refractivity contribution >= 4 is 34.5 Å². The summed E-state index contributed by atoms with van der Waals surface area (Å²) in [5.74, 6) is -0.606. The maximum Gasteiger partial charge on any atom is 0.344 e. The molecule has 2 aromatic carbocycles. The van der Waals surface area contributed by atoms with Crippen molar-refractivity contribution in [1.29, 1.82) is 0 Å². The molecule has 0 saturated carbocycles. The first kappa shape index (κ1) is 21.1. The van der Waals surface area contributed by atoms with E-state index in [0.717, 1.165) is 11.8 Å². The van der Waals surface area contributed by atoms with Gasteiger partial charge in [-0.25, -0.2) is 9.79 Å². The smallest absolute Gasteiger partial charge is 0.344 e. The summed E-state index contributed by atoms with van der Waals surface area (Å²) in [5, 5.41) is 30.0. The largest absolute Gasteiger partial charge is 0.506 e. The second-order valence-corrected chi connectivity index (χ2v) is 7.06. The Hall–Kier alpha value is -3.59. The van der Waals surface area contributed by atoms with Crippen molar-refractivity contribution in [3.05, 3.63) is 58.2 Å². The van der Waals surface area contributed by atoms with E-state index in [1.165, 1.54) is 33.5 Å². The van der Waals surface area contributed by atoms with Gasteiger partial charge in [-0.3, -0.25) is 0 Å². The van der Waals surface area contributed by atoms with Gasteiger partial charge in [0, 0.05) is 6.07 Å². The zero-order valence-corrected chi connectivity index (χ0v) is 17.2. The number of aromatic hydroxyl groups is 2. The number of methoxy groups -OCH3 is 3. The molecule has 0 amide bonds. The van der Waals surface area contributed by atoms with Crippen LogP contribution in [0.5, 0.6) is 23.0 Å². The van der Waals surface area contributed by atoms with Crippen LogP contribution in [0.3, 0.4) is 0 Å². The average molecular weight is 429 g/mol. The van der Waals surface area contributed by atoms with E-state index in [9.17, 15) is 20.1 Å². The number of ether oxygens (including phenoxy) is 3. The second-order valence-electron chi connectivity index (χ2n) is 6.03. The van der Waals surface area contributed by atoms with E-state index in [1.807, 2.05) is 0 Å². The Balaban J connectivity index is 2.05. The number of aliphatic hydroxyl groups excluding tert-OH is 1. The van der Waals surface area contributed by atoms with E-state index in [4.69, 9.17) is 14.2 Å². The quantitative estimate of drug-likeness (QED) is 0.484. The molecule has 8 nitrogen and oxygen atoms in total. The number of thioether (sulfide) groups is 1. The SMILES string of the molecule is COC(=O)C1=C(O)/C(=C\c2ccc(O)c(O)c2)SC1=Nc1ccc(OC)c(OC)c1. The summed E-state index contributed by atoms with van der Waals surface area (Å²) in [6, 6.07) is 9.20. The van der Waals surface area contributed by atoms with Crippen molar-refractivity contribution in [2.45, 2.75) is 0 Å². The number of hydrogen-bond donors (Lipinski definition) is 3. The van der Waals surface area contributed by atoms with Gasteiger partial charge < -0.3 is 29.5 Å². The van der Waals surface area contributed by atoms with Gasteiger partial charge in [0.05, 0.1) is 31.9 Å². The highest BCUT2D eigenvalue weighted by atomic mass is 32.2. The van der Waals surface area contributed by atoms with Gasteiger partial charge in [0.1, 0.15) is 16.4 Å². The Bertz CT molecular complexity index is 1090. The first-order chi connectivity index (χ1) is 14.4. The number of rotatable bonds is 5. The maximum atomic E-state index is 12.3. The third-order valence-corrected chi connectivity index (χ3v) is 5.20.